The predicted molar refractivity (Wildman–Crippen MR) is 202 cm³/mol. The molecule has 6 aromatic rings. The molecule has 4 aromatic carbocycles. The maximum Gasteiger partial charge on any atom is 0.387 e. The van der Waals surface area contributed by atoms with Crippen molar-refractivity contribution in [2.75, 3.05) is 5.32 Å². The van der Waals surface area contributed by atoms with Gasteiger partial charge in [0.25, 0.3) is 5.91 Å². The van der Waals surface area contributed by atoms with Gasteiger partial charge >= 0.3 is 13.2 Å². The van der Waals surface area contributed by atoms with Crippen LogP contribution in [0.4, 0.5) is 23.2 Å². The summed E-state index contributed by atoms with van der Waals surface area (Å²) >= 11 is 2.16. The Hall–Kier alpha value is -5.49. The zero-order chi connectivity index (χ0) is 36.7. The SMILES string of the molecule is O=C(Cc1ccccc1/C=C\c1ccccc1)c1sccc1OC(F)F.O=C(Nc1ccccc1/C=C\c1ccccc1)c1sccc1OC(F)F.[Cl-]. The second-order valence-corrected chi connectivity index (χ2v) is 12.6. The number of carbonyl (C=O) groups is 2. The zero-order valence-corrected chi connectivity index (χ0v) is 30.1. The number of Topliss-reactive ketones (excluding diaryl/α,β-unsaturated/α-hetero) is 1. The van der Waals surface area contributed by atoms with Crippen molar-refractivity contribution in [2.24, 2.45) is 0 Å². The molecule has 0 fully saturated rings. The molecule has 272 valence electrons. The lowest BCUT2D eigenvalue weighted by atomic mass is 10.0. The number of amides is 1. The maximum absolute atomic E-state index is 12.6. The zero-order valence-electron chi connectivity index (χ0n) is 27.7. The van der Waals surface area contributed by atoms with Crippen LogP contribution in [0.5, 0.6) is 11.5 Å². The third-order valence-corrected chi connectivity index (χ3v) is 9.11. The Bertz CT molecular complexity index is 1970. The molecule has 2 heterocycles. The molecule has 53 heavy (non-hydrogen) atoms. The first-order valence-corrected chi connectivity index (χ1v) is 17.5. The molecule has 6 rings (SSSR count). The number of nitrogens with one attached hydrogen (secondary N) is 1. The third-order valence-electron chi connectivity index (χ3n) is 7.27. The lowest BCUT2D eigenvalue weighted by Crippen LogP contribution is -3.00. The number of halogens is 5. The Morgan fingerprint density at radius 1 is 0.585 bits per heavy atom. The minimum absolute atomic E-state index is 0. The van der Waals surface area contributed by atoms with Gasteiger partial charge < -0.3 is 27.2 Å². The highest BCUT2D eigenvalue weighted by atomic mass is 35.5. The van der Waals surface area contributed by atoms with Gasteiger partial charge in [-0.1, -0.05) is 127 Å². The molecule has 1 amide bonds. The van der Waals surface area contributed by atoms with E-state index in [-0.39, 0.29) is 45.9 Å². The van der Waals surface area contributed by atoms with E-state index in [1.807, 2.05) is 121 Å². The minimum atomic E-state index is -2.97. The highest BCUT2D eigenvalue weighted by molar-refractivity contribution is 7.12. The van der Waals surface area contributed by atoms with Gasteiger partial charge in [-0.3, -0.25) is 9.59 Å². The van der Waals surface area contributed by atoms with E-state index in [9.17, 15) is 27.2 Å². The Kier molecular flexibility index (Phi) is 15.6. The van der Waals surface area contributed by atoms with Gasteiger partial charge in [0, 0.05) is 12.1 Å². The summed E-state index contributed by atoms with van der Waals surface area (Å²) in [5.41, 5.74) is 5.22. The van der Waals surface area contributed by atoms with Crippen LogP contribution >= 0.6 is 22.7 Å². The standard InChI is InChI=1S/C21H16F2O2S.C20H15F2NO2S.ClH/c22-21(23)25-19-12-13-26-20(19)18(24)14-17-9-5-4-8-16(17)11-10-15-6-2-1-3-7-15;21-20(22)25-17-12-13-26-18(17)19(24)23-16-9-5-4-8-15(16)11-10-14-6-2-1-3-7-14;/h1-13,21H,14H2;1-13,20H,(H,23,24);1H/p-1/b2*11-10-;. The number of hydrogen-bond donors (Lipinski definition) is 1. The van der Waals surface area contributed by atoms with Gasteiger partial charge in [0.15, 0.2) is 5.78 Å². The van der Waals surface area contributed by atoms with Crippen LogP contribution in [0.25, 0.3) is 24.3 Å². The number of hydrogen-bond acceptors (Lipinski definition) is 6. The van der Waals surface area contributed by atoms with Gasteiger partial charge in [0.2, 0.25) is 0 Å². The molecule has 2 aromatic heterocycles. The van der Waals surface area contributed by atoms with Crippen LogP contribution in [0.1, 0.15) is 47.2 Å². The number of anilines is 1. The Morgan fingerprint density at radius 3 is 1.64 bits per heavy atom. The van der Waals surface area contributed by atoms with Crippen LogP contribution in [0.2, 0.25) is 0 Å². The Labute approximate surface area is 318 Å². The summed E-state index contributed by atoms with van der Waals surface area (Å²) in [4.78, 5) is 25.3. The molecule has 0 spiro atoms. The first-order valence-electron chi connectivity index (χ1n) is 15.8. The van der Waals surface area contributed by atoms with Gasteiger partial charge in [-0.25, -0.2) is 0 Å². The number of para-hydroxylation sites is 1. The summed E-state index contributed by atoms with van der Waals surface area (Å²) in [5, 5.41) is 5.87. The molecular formula is C41H31ClF4NO4S2-. The van der Waals surface area contributed by atoms with Crippen molar-refractivity contribution >= 4 is 64.4 Å². The van der Waals surface area contributed by atoms with Crippen molar-refractivity contribution in [2.45, 2.75) is 19.6 Å². The second-order valence-electron chi connectivity index (χ2n) is 10.8. The number of alkyl halides is 4. The number of rotatable bonds is 13. The molecule has 1 N–H and O–H groups in total. The van der Waals surface area contributed by atoms with Crippen LogP contribution in [0.15, 0.2) is 132 Å². The average Bonchev–Trinajstić information content (AvgIpc) is 3.81. The fourth-order valence-electron chi connectivity index (χ4n) is 4.89. The van der Waals surface area contributed by atoms with Crippen molar-refractivity contribution in [3.63, 3.8) is 0 Å². The van der Waals surface area contributed by atoms with Crippen LogP contribution in [-0.2, 0) is 6.42 Å². The molecule has 0 aliphatic heterocycles. The molecule has 5 nitrogen and oxygen atoms in total. The number of thiophene rings is 2. The molecule has 0 saturated carbocycles. The van der Waals surface area contributed by atoms with Gasteiger partial charge in [-0.05, 0) is 56.8 Å². The van der Waals surface area contributed by atoms with E-state index >= 15 is 0 Å². The van der Waals surface area contributed by atoms with Gasteiger partial charge in [0.1, 0.15) is 21.3 Å². The van der Waals surface area contributed by atoms with E-state index in [0.717, 1.165) is 50.5 Å². The van der Waals surface area contributed by atoms with Crippen molar-refractivity contribution < 1.29 is 49.0 Å². The second kappa shape index (κ2) is 20.5. The van der Waals surface area contributed by atoms with Crippen LogP contribution in [-0.4, -0.2) is 24.9 Å². The first kappa shape index (κ1) is 40.3. The van der Waals surface area contributed by atoms with Gasteiger partial charge in [-0.2, -0.15) is 17.6 Å². The highest BCUT2D eigenvalue weighted by Crippen LogP contribution is 2.30. The van der Waals surface area contributed by atoms with E-state index in [1.165, 1.54) is 17.5 Å². The monoisotopic (exact) mass is 776 g/mol. The fraction of sp³-hybridized carbons (Fsp3) is 0.0732. The lowest BCUT2D eigenvalue weighted by molar-refractivity contribution is -0.0505. The van der Waals surface area contributed by atoms with E-state index in [0.29, 0.717) is 5.69 Å². The topological polar surface area (TPSA) is 64.6 Å². The predicted octanol–water partition coefficient (Wildman–Crippen LogP) is 8.72. The van der Waals surface area contributed by atoms with E-state index < -0.39 is 19.1 Å². The molecule has 12 heteroatoms. The van der Waals surface area contributed by atoms with Gasteiger partial charge in [-0.15, -0.1) is 22.7 Å². The number of benzene rings is 4. The Morgan fingerprint density at radius 2 is 1.06 bits per heavy atom. The van der Waals surface area contributed by atoms with E-state index in [2.05, 4.69) is 14.8 Å². The molecule has 0 radical (unpaired) electrons. The summed E-state index contributed by atoms with van der Waals surface area (Å²) in [7, 11) is 0. The van der Waals surface area contributed by atoms with Crippen LogP contribution in [0.3, 0.4) is 0 Å². The van der Waals surface area contributed by atoms with Crippen molar-refractivity contribution in [3.05, 3.63) is 170 Å². The third kappa shape index (κ3) is 12.3. The smallest absolute Gasteiger partial charge is 0.387 e. The summed E-state index contributed by atoms with van der Waals surface area (Å²) in [6.07, 6.45) is 7.86. The van der Waals surface area contributed by atoms with Crippen molar-refractivity contribution in [1.29, 1.82) is 0 Å². The average molecular weight is 777 g/mol. The molecule has 0 aliphatic carbocycles. The normalized spacial score (nSPS) is 10.9. The van der Waals surface area contributed by atoms with Crippen molar-refractivity contribution in [1.82, 2.24) is 0 Å². The molecule has 0 unspecified atom stereocenters. The maximum atomic E-state index is 12.6. The van der Waals surface area contributed by atoms with Crippen molar-refractivity contribution in [3.8, 4) is 11.5 Å². The first-order chi connectivity index (χ1) is 25.3. The Balaban J connectivity index is 0.000000232. The highest BCUT2D eigenvalue weighted by Gasteiger charge is 2.19. The van der Waals surface area contributed by atoms with E-state index in [1.54, 1.807) is 17.5 Å². The number of carbonyl (C=O) groups excluding carboxylic acids is 2. The molecule has 0 atom stereocenters. The molecular weight excluding hydrogens is 746 g/mol. The summed E-state index contributed by atoms with van der Waals surface area (Å²) < 4.78 is 58.6. The summed E-state index contributed by atoms with van der Waals surface area (Å²) in [6, 6.07) is 37.1. The quantitative estimate of drug-likeness (QED) is 0.0725. The molecule has 0 bridgehead atoms. The number of ketones is 1. The molecule has 0 saturated heterocycles. The fourth-order valence-corrected chi connectivity index (χ4v) is 6.37. The minimum Gasteiger partial charge on any atom is -1.00 e. The summed E-state index contributed by atoms with van der Waals surface area (Å²) in [6.45, 7) is -5.92. The largest absolute Gasteiger partial charge is 1.00 e. The van der Waals surface area contributed by atoms with Crippen LogP contribution < -0.4 is 27.2 Å². The molecule has 0 aliphatic rings. The van der Waals surface area contributed by atoms with Crippen LogP contribution in [0, 0.1) is 0 Å². The number of ether oxygens (including phenoxy) is 2. The lowest BCUT2D eigenvalue weighted by Gasteiger charge is -2.09. The van der Waals surface area contributed by atoms with Gasteiger partial charge in [0.05, 0.1) is 0 Å². The van der Waals surface area contributed by atoms with E-state index in [4.69, 9.17) is 0 Å². The summed E-state index contributed by atoms with van der Waals surface area (Å²) in [5.74, 6) is -0.917.